The molecule has 0 aromatic heterocycles. The zero-order chi connectivity index (χ0) is 13.5. The van der Waals surface area contributed by atoms with Crippen molar-refractivity contribution in [2.75, 3.05) is 25.1 Å². The molecule has 0 heterocycles. The van der Waals surface area contributed by atoms with Crippen molar-refractivity contribution in [3.63, 3.8) is 0 Å². The molecule has 3 nitrogen and oxygen atoms in total. The summed E-state index contributed by atoms with van der Waals surface area (Å²) in [5.41, 5.74) is 7.30. The quantitative estimate of drug-likeness (QED) is 0.735. The number of halogens is 1. The Hall–Kier alpha value is -1.13. The molecule has 0 saturated heterocycles. The van der Waals surface area contributed by atoms with Gasteiger partial charge in [-0.2, -0.15) is 0 Å². The highest BCUT2D eigenvalue weighted by Crippen LogP contribution is 2.27. The van der Waals surface area contributed by atoms with Crippen LogP contribution in [0.25, 0.3) is 0 Å². The second kappa shape index (κ2) is 7.34. The summed E-state index contributed by atoms with van der Waals surface area (Å²) in [6.45, 7) is 2.84. The first-order valence-corrected chi connectivity index (χ1v) is 6.44. The van der Waals surface area contributed by atoms with E-state index in [0.717, 1.165) is 31.4 Å². The van der Waals surface area contributed by atoms with Gasteiger partial charge in [-0.25, -0.2) is 4.39 Å². The van der Waals surface area contributed by atoms with E-state index in [1.807, 2.05) is 24.9 Å². The maximum atomic E-state index is 13.9. The van der Waals surface area contributed by atoms with Gasteiger partial charge < -0.3 is 15.7 Å². The van der Waals surface area contributed by atoms with Crippen LogP contribution in [0.1, 0.15) is 37.8 Å². The minimum atomic E-state index is -0.227. The maximum Gasteiger partial charge on any atom is 0.146 e. The van der Waals surface area contributed by atoms with Gasteiger partial charge in [0.25, 0.3) is 0 Å². The van der Waals surface area contributed by atoms with E-state index in [1.165, 1.54) is 6.07 Å². The zero-order valence-corrected chi connectivity index (χ0v) is 11.2. The molecule has 0 radical (unpaired) electrons. The summed E-state index contributed by atoms with van der Waals surface area (Å²) in [4.78, 5) is 1.91. The van der Waals surface area contributed by atoms with E-state index in [1.54, 1.807) is 6.07 Å². The molecule has 4 heteroatoms. The second-order valence-corrected chi connectivity index (χ2v) is 4.67. The summed E-state index contributed by atoms with van der Waals surface area (Å²) in [5, 5.41) is 8.72. The van der Waals surface area contributed by atoms with Gasteiger partial charge in [-0.3, -0.25) is 0 Å². The van der Waals surface area contributed by atoms with E-state index in [0.29, 0.717) is 5.69 Å². The van der Waals surface area contributed by atoms with Crippen LogP contribution in [-0.4, -0.2) is 25.3 Å². The summed E-state index contributed by atoms with van der Waals surface area (Å²) in [7, 11) is 1.88. The summed E-state index contributed by atoms with van der Waals surface area (Å²) in [6, 6.07) is 4.84. The van der Waals surface area contributed by atoms with E-state index in [2.05, 4.69) is 0 Å². The predicted octanol–water partition coefficient (Wildman–Crippen LogP) is 2.44. The number of unbranched alkanes of at least 4 members (excludes halogenated alkanes) is 2. The van der Waals surface area contributed by atoms with Gasteiger partial charge >= 0.3 is 0 Å². The lowest BCUT2D eigenvalue weighted by molar-refractivity contribution is 0.283. The Morgan fingerprint density at radius 3 is 2.67 bits per heavy atom. The monoisotopic (exact) mass is 254 g/mol. The van der Waals surface area contributed by atoms with E-state index >= 15 is 0 Å². The molecule has 0 saturated carbocycles. The molecule has 0 fully saturated rings. The molecule has 0 unspecified atom stereocenters. The number of aliphatic hydroxyl groups is 1. The van der Waals surface area contributed by atoms with Crippen molar-refractivity contribution in [1.29, 1.82) is 0 Å². The third kappa shape index (κ3) is 3.96. The highest BCUT2D eigenvalue weighted by Gasteiger charge is 2.14. The Balaban J connectivity index is 2.74. The predicted molar refractivity (Wildman–Crippen MR) is 73.2 cm³/mol. The molecule has 0 bridgehead atoms. The summed E-state index contributed by atoms with van der Waals surface area (Å²) in [6.07, 6.45) is 2.68. The number of anilines is 1. The summed E-state index contributed by atoms with van der Waals surface area (Å²) >= 11 is 0. The molecule has 0 spiro atoms. The van der Waals surface area contributed by atoms with Crippen molar-refractivity contribution in [3.05, 3.63) is 29.6 Å². The van der Waals surface area contributed by atoms with Gasteiger partial charge in [-0.05, 0) is 37.8 Å². The topological polar surface area (TPSA) is 49.5 Å². The third-order valence-corrected chi connectivity index (χ3v) is 3.04. The second-order valence-electron chi connectivity index (χ2n) is 4.67. The largest absolute Gasteiger partial charge is 0.396 e. The number of benzene rings is 1. The number of rotatable bonds is 7. The fourth-order valence-electron chi connectivity index (χ4n) is 2.05. The Kier molecular flexibility index (Phi) is 6.09. The normalized spacial score (nSPS) is 12.5. The van der Waals surface area contributed by atoms with Crippen LogP contribution in [0.2, 0.25) is 0 Å². The smallest absolute Gasteiger partial charge is 0.146 e. The lowest BCUT2D eigenvalue weighted by atomic mass is 10.1. The van der Waals surface area contributed by atoms with E-state index in [9.17, 15) is 4.39 Å². The fraction of sp³-hybridized carbons (Fsp3) is 0.571. The molecule has 1 aromatic rings. The van der Waals surface area contributed by atoms with Crippen LogP contribution in [0, 0.1) is 5.82 Å². The Labute approximate surface area is 108 Å². The number of nitrogens with two attached hydrogens (primary N) is 1. The third-order valence-electron chi connectivity index (χ3n) is 3.04. The van der Waals surface area contributed by atoms with Gasteiger partial charge in [0.1, 0.15) is 5.82 Å². The Morgan fingerprint density at radius 1 is 1.33 bits per heavy atom. The first kappa shape index (κ1) is 14.9. The molecule has 18 heavy (non-hydrogen) atoms. The molecule has 102 valence electrons. The molecule has 0 aliphatic heterocycles. The minimum absolute atomic E-state index is 0.185. The van der Waals surface area contributed by atoms with E-state index in [-0.39, 0.29) is 18.5 Å². The number of nitrogens with zero attached hydrogens (tertiary/aromatic N) is 1. The van der Waals surface area contributed by atoms with Gasteiger partial charge in [-0.15, -0.1) is 0 Å². The van der Waals surface area contributed by atoms with Gasteiger partial charge in [0.2, 0.25) is 0 Å². The van der Waals surface area contributed by atoms with Crippen LogP contribution in [0.4, 0.5) is 10.1 Å². The van der Waals surface area contributed by atoms with Gasteiger partial charge in [0, 0.05) is 26.2 Å². The van der Waals surface area contributed by atoms with Crippen LogP contribution in [0.15, 0.2) is 18.2 Å². The maximum absolute atomic E-state index is 13.9. The van der Waals surface area contributed by atoms with Crippen LogP contribution in [0.5, 0.6) is 0 Å². The molecular formula is C14H23FN2O. The molecule has 0 aliphatic rings. The highest BCUT2D eigenvalue weighted by molar-refractivity contribution is 5.55. The summed E-state index contributed by atoms with van der Waals surface area (Å²) in [5.74, 6) is -0.227. The van der Waals surface area contributed by atoms with Gasteiger partial charge in [0.15, 0.2) is 0 Å². The number of para-hydroxylation sites is 1. The summed E-state index contributed by atoms with van der Waals surface area (Å²) < 4.78 is 13.9. The molecule has 0 amide bonds. The standard InChI is InChI=1S/C14H23FN2O/c1-11(16)12-7-6-8-13(15)14(12)17(2)9-4-3-5-10-18/h6-8,11,18H,3-5,9-10,16H2,1-2H3/t11-/m0/s1. The Morgan fingerprint density at radius 2 is 2.06 bits per heavy atom. The van der Waals surface area contributed by atoms with Crippen LogP contribution >= 0.6 is 0 Å². The van der Waals surface area contributed by atoms with E-state index in [4.69, 9.17) is 10.8 Å². The molecule has 3 N–H and O–H groups in total. The van der Waals surface area contributed by atoms with Crippen molar-refractivity contribution < 1.29 is 9.50 Å². The first-order chi connectivity index (χ1) is 8.57. The van der Waals surface area contributed by atoms with Crippen molar-refractivity contribution in [2.45, 2.75) is 32.2 Å². The van der Waals surface area contributed by atoms with Crippen LogP contribution in [-0.2, 0) is 0 Å². The minimum Gasteiger partial charge on any atom is -0.396 e. The highest BCUT2D eigenvalue weighted by atomic mass is 19.1. The lowest BCUT2D eigenvalue weighted by Crippen LogP contribution is -2.23. The van der Waals surface area contributed by atoms with Gasteiger partial charge in [0.05, 0.1) is 5.69 Å². The molecule has 1 atom stereocenters. The lowest BCUT2D eigenvalue weighted by Gasteiger charge is -2.24. The average molecular weight is 254 g/mol. The van der Waals surface area contributed by atoms with E-state index < -0.39 is 0 Å². The fourth-order valence-corrected chi connectivity index (χ4v) is 2.05. The van der Waals surface area contributed by atoms with Crippen LogP contribution in [0.3, 0.4) is 0 Å². The number of hydrogen-bond acceptors (Lipinski definition) is 3. The molecule has 0 aliphatic carbocycles. The van der Waals surface area contributed by atoms with Crippen LogP contribution < -0.4 is 10.6 Å². The Bertz CT molecular complexity index is 369. The average Bonchev–Trinajstić information content (AvgIpc) is 2.34. The number of aliphatic hydroxyl groups excluding tert-OH is 1. The van der Waals surface area contributed by atoms with Crippen molar-refractivity contribution in [3.8, 4) is 0 Å². The van der Waals surface area contributed by atoms with Crippen molar-refractivity contribution >= 4 is 5.69 Å². The zero-order valence-electron chi connectivity index (χ0n) is 11.2. The number of hydrogen-bond donors (Lipinski definition) is 2. The van der Waals surface area contributed by atoms with Crippen molar-refractivity contribution in [1.82, 2.24) is 0 Å². The van der Waals surface area contributed by atoms with Crippen molar-refractivity contribution in [2.24, 2.45) is 5.73 Å². The van der Waals surface area contributed by atoms with Gasteiger partial charge in [-0.1, -0.05) is 12.1 Å². The first-order valence-electron chi connectivity index (χ1n) is 6.44. The molecule has 1 rings (SSSR count). The SMILES string of the molecule is C[C@H](N)c1cccc(F)c1N(C)CCCCCO. The molecular weight excluding hydrogens is 231 g/mol. The molecule has 1 aromatic carbocycles.